The van der Waals surface area contributed by atoms with Crippen molar-refractivity contribution in [2.24, 2.45) is 0 Å². The molecule has 7 nitrogen and oxygen atoms in total. The number of likely N-dealkylation sites (N-methyl/N-ethyl adjacent to an activating group) is 1. The molecule has 0 aliphatic heterocycles. The number of anilines is 1. The summed E-state index contributed by atoms with van der Waals surface area (Å²) in [5.41, 5.74) is 1.17. The zero-order valence-corrected chi connectivity index (χ0v) is 12.0. The second-order valence-corrected chi connectivity index (χ2v) is 4.29. The zero-order chi connectivity index (χ0) is 15.8. The fourth-order valence-electron chi connectivity index (χ4n) is 1.63. The molecule has 7 heteroatoms. The van der Waals surface area contributed by atoms with E-state index in [9.17, 15) is 14.4 Å². The lowest BCUT2D eigenvalue weighted by atomic mass is 10.1. The van der Waals surface area contributed by atoms with Crippen molar-refractivity contribution in [3.8, 4) is 0 Å². The maximum absolute atomic E-state index is 12.0. The molecule has 0 spiro atoms. The SMILES string of the molecule is CCN(CC(=O)OC)C(=O)Nc1ccc(CC(=O)O)cc1. The summed E-state index contributed by atoms with van der Waals surface area (Å²) >= 11 is 0. The predicted octanol–water partition coefficient (Wildman–Crippen LogP) is 1.34. The number of rotatable bonds is 6. The van der Waals surface area contributed by atoms with Crippen LogP contribution < -0.4 is 5.32 Å². The number of amides is 2. The van der Waals surface area contributed by atoms with Crippen LogP contribution >= 0.6 is 0 Å². The smallest absolute Gasteiger partial charge is 0.325 e. The molecule has 2 N–H and O–H groups in total. The highest BCUT2D eigenvalue weighted by Gasteiger charge is 2.15. The van der Waals surface area contributed by atoms with Crippen LogP contribution in [0, 0.1) is 0 Å². The highest BCUT2D eigenvalue weighted by molar-refractivity contribution is 5.91. The maximum atomic E-state index is 12.0. The number of carbonyl (C=O) groups is 3. The molecule has 0 unspecified atom stereocenters. The van der Waals surface area contributed by atoms with E-state index >= 15 is 0 Å². The Morgan fingerprint density at radius 2 is 1.86 bits per heavy atom. The van der Waals surface area contributed by atoms with E-state index in [2.05, 4.69) is 10.1 Å². The van der Waals surface area contributed by atoms with Crippen molar-refractivity contribution in [1.82, 2.24) is 4.90 Å². The highest BCUT2D eigenvalue weighted by atomic mass is 16.5. The standard InChI is InChI=1S/C14H18N2O5/c1-3-16(9-13(19)21-2)14(20)15-11-6-4-10(5-7-11)8-12(17)18/h4-7H,3,8-9H2,1-2H3,(H,15,20)(H,17,18). The van der Waals surface area contributed by atoms with Gasteiger partial charge < -0.3 is 20.1 Å². The molecule has 0 heterocycles. The van der Waals surface area contributed by atoms with Gasteiger partial charge in [-0.15, -0.1) is 0 Å². The molecule has 0 fully saturated rings. The van der Waals surface area contributed by atoms with Crippen molar-refractivity contribution in [1.29, 1.82) is 0 Å². The quantitative estimate of drug-likeness (QED) is 0.772. The van der Waals surface area contributed by atoms with Gasteiger partial charge in [-0.25, -0.2) is 4.79 Å². The number of benzene rings is 1. The van der Waals surface area contributed by atoms with Crippen molar-refractivity contribution < 1.29 is 24.2 Å². The minimum atomic E-state index is -0.915. The van der Waals surface area contributed by atoms with Gasteiger partial charge >= 0.3 is 18.0 Å². The number of methoxy groups -OCH3 is 1. The molecule has 0 atom stereocenters. The topological polar surface area (TPSA) is 95.9 Å². The molecule has 1 aromatic carbocycles. The normalized spacial score (nSPS) is 9.81. The van der Waals surface area contributed by atoms with E-state index in [-0.39, 0.29) is 13.0 Å². The van der Waals surface area contributed by atoms with Gasteiger partial charge in [0.2, 0.25) is 0 Å². The molecule has 1 rings (SSSR count). The number of hydrogen-bond donors (Lipinski definition) is 2. The number of carbonyl (C=O) groups excluding carboxylic acids is 2. The zero-order valence-electron chi connectivity index (χ0n) is 12.0. The number of urea groups is 1. The molecule has 0 bridgehead atoms. The Hall–Kier alpha value is -2.57. The first-order valence-electron chi connectivity index (χ1n) is 6.39. The summed E-state index contributed by atoms with van der Waals surface area (Å²) in [6.45, 7) is 1.98. The first-order chi connectivity index (χ1) is 9.96. The van der Waals surface area contributed by atoms with Gasteiger partial charge in [0, 0.05) is 12.2 Å². The summed E-state index contributed by atoms with van der Waals surface area (Å²) in [4.78, 5) is 35.0. The van der Waals surface area contributed by atoms with Gasteiger partial charge in [0.15, 0.2) is 0 Å². The molecule has 0 saturated carbocycles. The van der Waals surface area contributed by atoms with Crippen LogP contribution in [0.25, 0.3) is 0 Å². The van der Waals surface area contributed by atoms with Crippen molar-refractivity contribution in [2.45, 2.75) is 13.3 Å². The van der Waals surface area contributed by atoms with E-state index in [1.54, 1.807) is 31.2 Å². The van der Waals surface area contributed by atoms with Crippen LogP contribution in [0.4, 0.5) is 10.5 Å². The average Bonchev–Trinajstić information content (AvgIpc) is 2.45. The lowest BCUT2D eigenvalue weighted by Gasteiger charge is -2.20. The summed E-state index contributed by atoms with van der Waals surface area (Å²) < 4.78 is 4.52. The number of aliphatic carboxylic acids is 1. The van der Waals surface area contributed by atoms with Crippen LogP contribution in [0.3, 0.4) is 0 Å². The van der Waals surface area contributed by atoms with Crippen molar-refractivity contribution in [3.05, 3.63) is 29.8 Å². The maximum Gasteiger partial charge on any atom is 0.325 e. The van der Waals surface area contributed by atoms with E-state index in [1.165, 1.54) is 12.0 Å². The molecule has 0 aliphatic rings. The van der Waals surface area contributed by atoms with E-state index in [4.69, 9.17) is 5.11 Å². The average molecular weight is 294 g/mol. The second kappa shape index (κ2) is 7.88. The van der Waals surface area contributed by atoms with E-state index in [0.717, 1.165) is 0 Å². The molecule has 0 aliphatic carbocycles. The highest BCUT2D eigenvalue weighted by Crippen LogP contribution is 2.11. The Bertz CT molecular complexity index is 513. The third-order valence-corrected chi connectivity index (χ3v) is 2.78. The Morgan fingerprint density at radius 1 is 1.24 bits per heavy atom. The monoisotopic (exact) mass is 294 g/mol. The minimum absolute atomic E-state index is 0.0718. The number of nitrogens with zero attached hydrogens (tertiary/aromatic N) is 1. The number of ether oxygens (including phenoxy) is 1. The third kappa shape index (κ3) is 5.52. The van der Waals surface area contributed by atoms with E-state index in [1.807, 2.05) is 0 Å². The van der Waals surface area contributed by atoms with Crippen molar-refractivity contribution >= 4 is 23.7 Å². The molecule has 0 saturated heterocycles. The molecule has 0 aromatic heterocycles. The van der Waals surface area contributed by atoms with Gasteiger partial charge in [-0.2, -0.15) is 0 Å². The number of hydrogen-bond acceptors (Lipinski definition) is 4. The lowest BCUT2D eigenvalue weighted by molar-refractivity contribution is -0.141. The van der Waals surface area contributed by atoms with Crippen LogP contribution in [0.1, 0.15) is 12.5 Å². The van der Waals surface area contributed by atoms with Gasteiger partial charge in [0.1, 0.15) is 6.54 Å². The van der Waals surface area contributed by atoms with Crippen LogP contribution in [0.5, 0.6) is 0 Å². The summed E-state index contributed by atoms with van der Waals surface area (Å²) in [5, 5.41) is 11.3. The van der Waals surface area contributed by atoms with Crippen molar-refractivity contribution in [2.75, 3.05) is 25.5 Å². The minimum Gasteiger partial charge on any atom is -0.481 e. The first-order valence-corrected chi connectivity index (χ1v) is 6.39. The fourth-order valence-corrected chi connectivity index (χ4v) is 1.63. The lowest BCUT2D eigenvalue weighted by Crippen LogP contribution is -2.38. The Balaban J connectivity index is 2.64. The van der Waals surface area contributed by atoms with Gasteiger partial charge in [-0.3, -0.25) is 9.59 Å². The molecular weight excluding hydrogens is 276 g/mol. The van der Waals surface area contributed by atoms with Crippen molar-refractivity contribution in [3.63, 3.8) is 0 Å². The number of carboxylic acids is 1. The van der Waals surface area contributed by atoms with Gasteiger partial charge in [0.05, 0.1) is 13.5 Å². The first kappa shape index (κ1) is 16.5. The Morgan fingerprint density at radius 3 is 2.33 bits per heavy atom. The summed E-state index contributed by atoms with van der Waals surface area (Å²) in [5.74, 6) is -1.41. The number of esters is 1. The third-order valence-electron chi connectivity index (χ3n) is 2.78. The molecule has 2 amide bonds. The number of nitrogens with one attached hydrogen (secondary N) is 1. The summed E-state index contributed by atoms with van der Waals surface area (Å²) in [6.07, 6.45) is -0.0718. The summed E-state index contributed by atoms with van der Waals surface area (Å²) in [6, 6.07) is 6.05. The molecular formula is C14H18N2O5. The van der Waals surface area contributed by atoms with Crippen LogP contribution in [0.2, 0.25) is 0 Å². The van der Waals surface area contributed by atoms with Gasteiger partial charge in [0.25, 0.3) is 0 Å². The van der Waals surface area contributed by atoms with Crippen LogP contribution in [-0.2, 0) is 20.7 Å². The van der Waals surface area contributed by atoms with E-state index in [0.29, 0.717) is 17.8 Å². The molecule has 114 valence electrons. The Kier molecular flexibility index (Phi) is 6.19. The van der Waals surface area contributed by atoms with Gasteiger partial charge in [-0.1, -0.05) is 12.1 Å². The fraction of sp³-hybridized carbons (Fsp3) is 0.357. The van der Waals surface area contributed by atoms with Crippen LogP contribution in [-0.4, -0.2) is 48.2 Å². The largest absolute Gasteiger partial charge is 0.481 e. The van der Waals surface area contributed by atoms with E-state index < -0.39 is 18.0 Å². The van der Waals surface area contributed by atoms with Gasteiger partial charge in [-0.05, 0) is 24.6 Å². The van der Waals surface area contributed by atoms with Crippen LogP contribution in [0.15, 0.2) is 24.3 Å². The molecule has 0 radical (unpaired) electrons. The number of carboxylic acid groups (broad SMARTS) is 1. The summed E-state index contributed by atoms with van der Waals surface area (Å²) in [7, 11) is 1.26. The molecule has 21 heavy (non-hydrogen) atoms. The predicted molar refractivity (Wildman–Crippen MR) is 76.1 cm³/mol. The second-order valence-electron chi connectivity index (χ2n) is 4.29. The molecule has 1 aromatic rings. The Labute approximate surface area is 122 Å².